The summed E-state index contributed by atoms with van der Waals surface area (Å²) in [6.07, 6.45) is 3.32. The van der Waals surface area contributed by atoms with Gasteiger partial charge < -0.3 is 15.0 Å². The fraction of sp³-hybridized carbons (Fsp3) is 0.417. The van der Waals surface area contributed by atoms with E-state index in [9.17, 15) is 0 Å². The highest BCUT2D eigenvalue weighted by atomic mass is 16.5. The molecule has 2 heterocycles. The quantitative estimate of drug-likeness (QED) is 0.872. The summed E-state index contributed by atoms with van der Waals surface area (Å²) < 4.78 is 10.5. The minimum absolute atomic E-state index is 0.130. The van der Waals surface area contributed by atoms with Crippen LogP contribution >= 0.6 is 0 Å². The maximum atomic E-state index is 5.52. The third kappa shape index (κ3) is 2.65. The van der Waals surface area contributed by atoms with Gasteiger partial charge in [0.15, 0.2) is 0 Å². The maximum absolute atomic E-state index is 5.52. The number of rotatable bonds is 5. The van der Waals surface area contributed by atoms with Crippen LogP contribution in [0.15, 0.2) is 22.9 Å². The van der Waals surface area contributed by atoms with Gasteiger partial charge in [0.25, 0.3) is 5.89 Å². The Bertz CT molecular complexity index is 495. The van der Waals surface area contributed by atoms with Crippen molar-refractivity contribution in [3.05, 3.63) is 24.2 Å². The lowest BCUT2D eigenvalue weighted by molar-refractivity contribution is 0.0854. The number of nitrogen functional groups attached to an aromatic ring is 1. The van der Waals surface area contributed by atoms with Crippen LogP contribution < -0.4 is 5.73 Å². The van der Waals surface area contributed by atoms with Crippen LogP contribution in [0.25, 0.3) is 11.5 Å². The number of hydrogen-bond donors (Lipinski definition) is 1. The predicted molar refractivity (Wildman–Crippen MR) is 66.6 cm³/mol. The molecule has 1 unspecified atom stereocenters. The van der Waals surface area contributed by atoms with E-state index in [1.165, 1.54) is 0 Å². The highest BCUT2D eigenvalue weighted by Crippen LogP contribution is 2.23. The molecule has 2 rings (SSSR count). The van der Waals surface area contributed by atoms with Gasteiger partial charge in [-0.2, -0.15) is 4.98 Å². The standard InChI is InChI=1S/C12H16N4O2/c1-3-4-9(17-2)11-15-12(18-16-11)8-5-6-10(13)14-7-8/h5-7,9H,3-4H2,1-2H3,(H2,13,14). The molecule has 2 aromatic rings. The molecule has 6 heteroatoms. The summed E-state index contributed by atoms with van der Waals surface area (Å²) in [6.45, 7) is 2.08. The molecule has 0 spiro atoms. The Hall–Kier alpha value is -1.95. The summed E-state index contributed by atoms with van der Waals surface area (Å²) in [5, 5.41) is 3.93. The van der Waals surface area contributed by atoms with Gasteiger partial charge in [-0.1, -0.05) is 18.5 Å². The fourth-order valence-electron chi connectivity index (χ4n) is 1.63. The molecular formula is C12H16N4O2. The molecule has 0 aromatic carbocycles. The van der Waals surface area contributed by atoms with E-state index >= 15 is 0 Å². The van der Waals surface area contributed by atoms with Gasteiger partial charge in [0.1, 0.15) is 11.9 Å². The van der Waals surface area contributed by atoms with Crippen LogP contribution in [0.5, 0.6) is 0 Å². The Morgan fingerprint density at radius 3 is 2.89 bits per heavy atom. The highest BCUT2D eigenvalue weighted by Gasteiger charge is 2.17. The number of pyridine rings is 1. The topological polar surface area (TPSA) is 87.1 Å². The van der Waals surface area contributed by atoms with E-state index in [1.807, 2.05) is 0 Å². The van der Waals surface area contributed by atoms with Gasteiger partial charge in [0.2, 0.25) is 5.82 Å². The lowest BCUT2D eigenvalue weighted by Gasteiger charge is -2.08. The largest absolute Gasteiger partial charge is 0.384 e. The van der Waals surface area contributed by atoms with Crippen molar-refractivity contribution in [3.8, 4) is 11.5 Å². The second kappa shape index (κ2) is 5.59. The Kier molecular flexibility index (Phi) is 3.88. The first-order valence-electron chi connectivity index (χ1n) is 5.83. The zero-order valence-electron chi connectivity index (χ0n) is 10.5. The van der Waals surface area contributed by atoms with Crippen molar-refractivity contribution in [2.24, 2.45) is 0 Å². The van der Waals surface area contributed by atoms with Crippen molar-refractivity contribution >= 4 is 5.82 Å². The molecule has 0 aliphatic rings. The van der Waals surface area contributed by atoms with Crippen molar-refractivity contribution in [3.63, 3.8) is 0 Å². The molecule has 6 nitrogen and oxygen atoms in total. The summed E-state index contributed by atoms with van der Waals surface area (Å²) in [4.78, 5) is 8.30. The normalized spacial score (nSPS) is 12.6. The molecule has 18 heavy (non-hydrogen) atoms. The highest BCUT2D eigenvalue weighted by molar-refractivity contribution is 5.53. The van der Waals surface area contributed by atoms with E-state index in [0.717, 1.165) is 18.4 Å². The number of nitrogens with two attached hydrogens (primary N) is 1. The van der Waals surface area contributed by atoms with Gasteiger partial charge >= 0.3 is 0 Å². The van der Waals surface area contributed by atoms with E-state index in [1.54, 1.807) is 25.4 Å². The van der Waals surface area contributed by atoms with Gasteiger partial charge in [-0.05, 0) is 18.6 Å². The summed E-state index contributed by atoms with van der Waals surface area (Å²) >= 11 is 0. The van der Waals surface area contributed by atoms with Gasteiger partial charge in [-0.15, -0.1) is 0 Å². The lowest BCUT2D eigenvalue weighted by atomic mass is 10.2. The minimum Gasteiger partial charge on any atom is -0.384 e. The average Bonchev–Trinajstić information content (AvgIpc) is 2.86. The van der Waals surface area contributed by atoms with Crippen LogP contribution in [0.4, 0.5) is 5.82 Å². The number of aromatic nitrogens is 3. The van der Waals surface area contributed by atoms with E-state index in [-0.39, 0.29) is 6.10 Å². The third-order valence-corrected chi connectivity index (χ3v) is 2.60. The number of hydrogen-bond acceptors (Lipinski definition) is 6. The number of nitrogens with zero attached hydrogens (tertiary/aromatic N) is 3. The van der Waals surface area contributed by atoms with Crippen LogP contribution in [0, 0.1) is 0 Å². The van der Waals surface area contributed by atoms with Gasteiger partial charge in [-0.3, -0.25) is 0 Å². The number of ether oxygens (including phenoxy) is 1. The summed E-state index contributed by atoms with van der Waals surface area (Å²) in [5.41, 5.74) is 6.27. The average molecular weight is 248 g/mol. The van der Waals surface area contributed by atoms with Gasteiger partial charge in [0.05, 0.1) is 5.56 Å². The first-order valence-corrected chi connectivity index (χ1v) is 5.83. The van der Waals surface area contributed by atoms with Crippen LogP contribution in [-0.4, -0.2) is 22.2 Å². The monoisotopic (exact) mass is 248 g/mol. The zero-order valence-corrected chi connectivity index (χ0v) is 10.5. The molecule has 0 saturated heterocycles. The summed E-state index contributed by atoms with van der Waals surface area (Å²) in [6, 6.07) is 3.49. The molecule has 0 aliphatic heterocycles. The van der Waals surface area contributed by atoms with Crippen LogP contribution in [0.3, 0.4) is 0 Å². The fourth-order valence-corrected chi connectivity index (χ4v) is 1.63. The van der Waals surface area contributed by atoms with Crippen molar-refractivity contribution < 1.29 is 9.26 Å². The van der Waals surface area contributed by atoms with Crippen LogP contribution in [-0.2, 0) is 4.74 Å². The molecule has 1 atom stereocenters. The summed E-state index contributed by atoms with van der Waals surface area (Å²) in [5.74, 6) is 1.45. The molecule has 2 aromatic heterocycles. The van der Waals surface area contributed by atoms with Crippen molar-refractivity contribution in [1.82, 2.24) is 15.1 Å². The van der Waals surface area contributed by atoms with Crippen molar-refractivity contribution in [1.29, 1.82) is 0 Å². The molecule has 96 valence electrons. The molecule has 0 aliphatic carbocycles. The third-order valence-electron chi connectivity index (χ3n) is 2.60. The Balaban J connectivity index is 2.21. The van der Waals surface area contributed by atoms with E-state index in [2.05, 4.69) is 22.0 Å². The zero-order chi connectivity index (χ0) is 13.0. The second-order valence-corrected chi connectivity index (χ2v) is 3.94. The molecule has 0 bridgehead atoms. The number of anilines is 1. The lowest BCUT2D eigenvalue weighted by Crippen LogP contribution is -2.03. The van der Waals surface area contributed by atoms with Gasteiger partial charge in [-0.25, -0.2) is 4.98 Å². The Labute approximate surface area is 105 Å². The number of methoxy groups -OCH3 is 1. The summed E-state index contributed by atoms with van der Waals surface area (Å²) in [7, 11) is 1.64. The first-order chi connectivity index (χ1) is 8.74. The van der Waals surface area contributed by atoms with Crippen LogP contribution in [0.2, 0.25) is 0 Å². The maximum Gasteiger partial charge on any atom is 0.259 e. The molecule has 0 amide bonds. The molecule has 2 N–H and O–H groups in total. The second-order valence-electron chi connectivity index (χ2n) is 3.94. The molecule has 0 radical (unpaired) electrons. The van der Waals surface area contributed by atoms with E-state index < -0.39 is 0 Å². The molecule has 0 fully saturated rings. The first kappa shape index (κ1) is 12.5. The van der Waals surface area contributed by atoms with Gasteiger partial charge in [0, 0.05) is 13.3 Å². The smallest absolute Gasteiger partial charge is 0.259 e. The predicted octanol–water partition coefficient (Wildman–Crippen LogP) is 2.20. The van der Waals surface area contributed by atoms with Crippen molar-refractivity contribution in [2.45, 2.75) is 25.9 Å². The van der Waals surface area contributed by atoms with Crippen LogP contribution in [0.1, 0.15) is 31.7 Å². The minimum atomic E-state index is -0.130. The van der Waals surface area contributed by atoms with Crippen molar-refractivity contribution in [2.75, 3.05) is 12.8 Å². The Morgan fingerprint density at radius 2 is 2.28 bits per heavy atom. The van der Waals surface area contributed by atoms with E-state index in [4.69, 9.17) is 15.0 Å². The SMILES string of the molecule is CCCC(OC)c1noc(-c2ccc(N)nc2)n1. The molecule has 0 saturated carbocycles. The Morgan fingerprint density at radius 1 is 1.44 bits per heavy atom. The van der Waals surface area contributed by atoms with E-state index in [0.29, 0.717) is 17.5 Å². The molecular weight excluding hydrogens is 232 g/mol.